The van der Waals surface area contributed by atoms with Crippen LogP contribution < -0.4 is 5.32 Å². The SMILES string of the molecule is CC(CCC(=O)O)NC(=O)c1cc(-c2ccco2)[nH]n1. The van der Waals surface area contributed by atoms with Gasteiger partial charge in [0, 0.05) is 18.5 Å². The van der Waals surface area contributed by atoms with Crippen LogP contribution >= 0.6 is 0 Å². The Kier molecular flexibility index (Phi) is 4.19. The number of carbonyl (C=O) groups is 2. The molecule has 7 nitrogen and oxygen atoms in total. The predicted molar refractivity (Wildman–Crippen MR) is 70.1 cm³/mol. The number of aromatic amines is 1. The molecule has 0 spiro atoms. The van der Waals surface area contributed by atoms with Gasteiger partial charge in [-0.15, -0.1) is 0 Å². The molecule has 0 aromatic carbocycles. The van der Waals surface area contributed by atoms with Crippen molar-refractivity contribution in [1.82, 2.24) is 15.5 Å². The summed E-state index contributed by atoms with van der Waals surface area (Å²) < 4.78 is 5.19. The summed E-state index contributed by atoms with van der Waals surface area (Å²) in [5.74, 6) is -0.640. The van der Waals surface area contributed by atoms with Crippen molar-refractivity contribution in [3.05, 3.63) is 30.2 Å². The van der Waals surface area contributed by atoms with E-state index in [4.69, 9.17) is 9.52 Å². The molecule has 0 fully saturated rings. The molecule has 1 atom stereocenters. The van der Waals surface area contributed by atoms with E-state index in [9.17, 15) is 9.59 Å². The van der Waals surface area contributed by atoms with E-state index < -0.39 is 5.97 Å². The van der Waals surface area contributed by atoms with Gasteiger partial charge in [-0.3, -0.25) is 14.7 Å². The van der Waals surface area contributed by atoms with Crippen molar-refractivity contribution in [2.75, 3.05) is 0 Å². The number of nitrogens with one attached hydrogen (secondary N) is 2. The number of carbonyl (C=O) groups excluding carboxylic acids is 1. The second kappa shape index (κ2) is 6.05. The molecule has 0 aliphatic rings. The van der Waals surface area contributed by atoms with E-state index in [2.05, 4.69) is 15.5 Å². The fourth-order valence-corrected chi connectivity index (χ4v) is 1.71. The van der Waals surface area contributed by atoms with Crippen LogP contribution in [-0.2, 0) is 4.79 Å². The molecule has 3 N–H and O–H groups in total. The monoisotopic (exact) mass is 277 g/mol. The lowest BCUT2D eigenvalue weighted by Gasteiger charge is -2.11. The van der Waals surface area contributed by atoms with Gasteiger partial charge in [-0.25, -0.2) is 0 Å². The Hall–Kier alpha value is -2.57. The number of H-pyrrole nitrogens is 1. The Morgan fingerprint density at radius 3 is 3.00 bits per heavy atom. The lowest BCUT2D eigenvalue weighted by molar-refractivity contribution is -0.137. The van der Waals surface area contributed by atoms with Gasteiger partial charge >= 0.3 is 5.97 Å². The van der Waals surface area contributed by atoms with Gasteiger partial charge in [0.15, 0.2) is 11.5 Å². The third-order valence-corrected chi connectivity index (χ3v) is 2.77. The van der Waals surface area contributed by atoms with Crippen molar-refractivity contribution in [2.45, 2.75) is 25.8 Å². The third-order valence-electron chi connectivity index (χ3n) is 2.77. The molecule has 2 aromatic heterocycles. The van der Waals surface area contributed by atoms with Gasteiger partial charge < -0.3 is 14.8 Å². The summed E-state index contributed by atoms with van der Waals surface area (Å²) in [5, 5.41) is 17.9. The summed E-state index contributed by atoms with van der Waals surface area (Å²) in [7, 11) is 0. The zero-order chi connectivity index (χ0) is 14.5. The van der Waals surface area contributed by atoms with Gasteiger partial charge in [-0.2, -0.15) is 5.10 Å². The van der Waals surface area contributed by atoms with Crippen LogP contribution in [0.15, 0.2) is 28.9 Å². The number of carboxylic acids is 1. The highest BCUT2D eigenvalue weighted by Gasteiger charge is 2.15. The van der Waals surface area contributed by atoms with E-state index in [0.29, 0.717) is 17.9 Å². The number of hydrogen-bond acceptors (Lipinski definition) is 4. The van der Waals surface area contributed by atoms with E-state index in [1.807, 2.05) is 0 Å². The van der Waals surface area contributed by atoms with Gasteiger partial charge in [0.25, 0.3) is 5.91 Å². The highest BCUT2D eigenvalue weighted by molar-refractivity contribution is 5.93. The Bertz CT molecular complexity index is 589. The summed E-state index contributed by atoms with van der Waals surface area (Å²) in [5.41, 5.74) is 0.844. The molecular weight excluding hydrogens is 262 g/mol. The Morgan fingerprint density at radius 1 is 1.55 bits per heavy atom. The Morgan fingerprint density at radius 2 is 2.35 bits per heavy atom. The molecule has 2 rings (SSSR count). The summed E-state index contributed by atoms with van der Waals surface area (Å²) in [4.78, 5) is 22.4. The van der Waals surface area contributed by atoms with Gasteiger partial charge in [-0.05, 0) is 25.5 Å². The molecular formula is C13H15N3O4. The second-order valence-electron chi connectivity index (χ2n) is 4.45. The van der Waals surface area contributed by atoms with Crippen molar-refractivity contribution in [3.63, 3.8) is 0 Å². The van der Waals surface area contributed by atoms with Crippen molar-refractivity contribution in [1.29, 1.82) is 0 Å². The second-order valence-corrected chi connectivity index (χ2v) is 4.45. The van der Waals surface area contributed by atoms with Crippen molar-refractivity contribution in [2.24, 2.45) is 0 Å². The average Bonchev–Trinajstić information content (AvgIpc) is 3.06. The molecule has 20 heavy (non-hydrogen) atoms. The van der Waals surface area contributed by atoms with Crippen LogP contribution in [-0.4, -0.2) is 33.2 Å². The standard InChI is InChI=1S/C13H15N3O4/c1-8(4-5-12(17)18)14-13(19)10-7-9(15-16-10)11-3-2-6-20-11/h2-3,6-8H,4-5H2,1H3,(H,14,19)(H,15,16)(H,17,18). The maximum Gasteiger partial charge on any atom is 0.303 e. The summed E-state index contributed by atoms with van der Waals surface area (Å²) in [6, 6.07) is 4.84. The first-order valence-corrected chi connectivity index (χ1v) is 6.18. The van der Waals surface area contributed by atoms with Gasteiger partial charge in [0.1, 0.15) is 5.69 Å². The van der Waals surface area contributed by atoms with Gasteiger partial charge in [0.05, 0.1) is 6.26 Å². The minimum Gasteiger partial charge on any atom is -0.481 e. The first-order valence-electron chi connectivity index (χ1n) is 6.18. The fourth-order valence-electron chi connectivity index (χ4n) is 1.71. The van der Waals surface area contributed by atoms with Crippen LogP contribution in [0.3, 0.4) is 0 Å². The normalized spacial score (nSPS) is 12.1. The van der Waals surface area contributed by atoms with E-state index >= 15 is 0 Å². The first-order chi connectivity index (χ1) is 9.56. The molecule has 1 unspecified atom stereocenters. The van der Waals surface area contributed by atoms with E-state index in [1.165, 1.54) is 6.26 Å². The summed E-state index contributed by atoms with van der Waals surface area (Å²) in [6.07, 6.45) is 1.92. The predicted octanol–water partition coefficient (Wildman–Crippen LogP) is 1.65. The molecule has 0 bridgehead atoms. The van der Waals surface area contributed by atoms with Crippen molar-refractivity contribution < 1.29 is 19.1 Å². The largest absolute Gasteiger partial charge is 0.481 e. The number of aromatic nitrogens is 2. The first kappa shape index (κ1) is 13.9. The highest BCUT2D eigenvalue weighted by atomic mass is 16.4. The molecule has 7 heteroatoms. The topological polar surface area (TPSA) is 108 Å². The quantitative estimate of drug-likeness (QED) is 0.744. The molecule has 0 aliphatic carbocycles. The molecule has 0 aliphatic heterocycles. The Labute approximate surface area is 115 Å². The smallest absolute Gasteiger partial charge is 0.303 e. The number of hydrogen-bond donors (Lipinski definition) is 3. The average molecular weight is 277 g/mol. The molecule has 1 amide bonds. The van der Waals surface area contributed by atoms with Gasteiger partial charge in [-0.1, -0.05) is 0 Å². The summed E-state index contributed by atoms with van der Waals surface area (Å²) >= 11 is 0. The molecule has 0 saturated carbocycles. The zero-order valence-electron chi connectivity index (χ0n) is 10.9. The lowest BCUT2D eigenvalue weighted by Crippen LogP contribution is -2.33. The zero-order valence-corrected chi connectivity index (χ0v) is 10.9. The number of amides is 1. The molecule has 106 valence electrons. The van der Waals surface area contributed by atoms with E-state index in [1.54, 1.807) is 25.1 Å². The Balaban J connectivity index is 1.94. The number of carboxylic acid groups (broad SMARTS) is 1. The molecule has 2 heterocycles. The molecule has 0 saturated heterocycles. The third kappa shape index (κ3) is 3.47. The van der Waals surface area contributed by atoms with Crippen LogP contribution in [0.25, 0.3) is 11.5 Å². The summed E-state index contributed by atoms with van der Waals surface area (Å²) in [6.45, 7) is 1.75. The van der Waals surface area contributed by atoms with E-state index in [0.717, 1.165) is 0 Å². The minimum atomic E-state index is -0.883. The van der Waals surface area contributed by atoms with Crippen molar-refractivity contribution in [3.8, 4) is 11.5 Å². The maximum absolute atomic E-state index is 11.9. The number of aliphatic carboxylic acids is 1. The fraction of sp³-hybridized carbons (Fsp3) is 0.308. The highest BCUT2D eigenvalue weighted by Crippen LogP contribution is 2.17. The number of rotatable bonds is 6. The molecule has 0 radical (unpaired) electrons. The van der Waals surface area contributed by atoms with Crippen LogP contribution in [0.1, 0.15) is 30.3 Å². The van der Waals surface area contributed by atoms with Crippen LogP contribution in [0.2, 0.25) is 0 Å². The van der Waals surface area contributed by atoms with Crippen LogP contribution in [0.4, 0.5) is 0 Å². The van der Waals surface area contributed by atoms with Crippen molar-refractivity contribution >= 4 is 11.9 Å². The maximum atomic E-state index is 11.9. The number of nitrogens with zero attached hydrogens (tertiary/aromatic N) is 1. The van der Waals surface area contributed by atoms with E-state index in [-0.39, 0.29) is 24.1 Å². The van der Waals surface area contributed by atoms with Gasteiger partial charge in [0.2, 0.25) is 0 Å². The van der Waals surface area contributed by atoms with Crippen LogP contribution in [0, 0.1) is 0 Å². The number of furan rings is 1. The minimum absolute atomic E-state index is 0.0135. The lowest BCUT2D eigenvalue weighted by atomic mass is 10.2. The van der Waals surface area contributed by atoms with Crippen LogP contribution in [0.5, 0.6) is 0 Å². The molecule has 2 aromatic rings.